The van der Waals surface area contributed by atoms with Gasteiger partial charge in [0.1, 0.15) is 0 Å². The highest BCUT2D eigenvalue weighted by molar-refractivity contribution is 5.28. The Bertz CT molecular complexity index is 620. The molecule has 0 saturated heterocycles. The van der Waals surface area contributed by atoms with Crippen molar-refractivity contribution < 1.29 is 5.11 Å². The molecule has 4 rings (SSSR count). The molecule has 29 heavy (non-hydrogen) atoms. The summed E-state index contributed by atoms with van der Waals surface area (Å²) in [5.74, 6) is 5.47. The van der Waals surface area contributed by atoms with Crippen LogP contribution in [0.3, 0.4) is 0 Å². The van der Waals surface area contributed by atoms with E-state index in [0.717, 1.165) is 36.0 Å². The van der Waals surface area contributed by atoms with Gasteiger partial charge in [0.15, 0.2) is 0 Å². The van der Waals surface area contributed by atoms with Crippen molar-refractivity contribution >= 4 is 0 Å². The molecule has 0 heterocycles. The van der Waals surface area contributed by atoms with Crippen molar-refractivity contribution in [3.8, 4) is 0 Å². The Morgan fingerprint density at radius 1 is 0.966 bits per heavy atom. The molecular weight excluding hydrogens is 352 g/mol. The molecule has 1 N–H and O–H groups in total. The fourth-order valence-electron chi connectivity index (χ4n) is 8.97. The third kappa shape index (κ3) is 3.56. The van der Waals surface area contributed by atoms with Crippen LogP contribution in [-0.2, 0) is 0 Å². The average molecular weight is 401 g/mol. The van der Waals surface area contributed by atoms with E-state index >= 15 is 0 Å². The quantitative estimate of drug-likeness (QED) is 0.470. The summed E-state index contributed by atoms with van der Waals surface area (Å²) < 4.78 is 0. The second-order valence-electron chi connectivity index (χ2n) is 12.7. The number of aliphatic hydroxyl groups excluding tert-OH is 1. The molecule has 9 atom stereocenters. The molecule has 3 saturated carbocycles. The summed E-state index contributed by atoms with van der Waals surface area (Å²) in [6, 6.07) is 0. The Labute approximate surface area is 181 Å². The van der Waals surface area contributed by atoms with Gasteiger partial charge in [0, 0.05) is 0 Å². The lowest BCUT2D eigenvalue weighted by Crippen LogP contribution is -2.52. The molecule has 166 valence electrons. The molecule has 2 unspecified atom stereocenters. The van der Waals surface area contributed by atoms with Crippen molar-refractivity contribution in [3.05, 3.63) is 11.6 Å². The van der Waals surface area contributed by atoms with Crippen LogP contribution in [0.5, 0.6) is 0 Å². The minimum Gasteiger partial charge on any atom is -0.393 e. The summed E-state index contributed by atoms with van der Waals surface area (Å²) in [4.78, 5) is 0. The van der Waals surface area contributed by atoms with Gasteiger partial charge in [-0.1, -0.05) is 72.5 Å². The zero-order valence-electron chi connectivity index (χ0n) is 20.2. The minimum atomic E-state index is -0.0700. The number of hydrogen-bond acceptors (Lipinski definition) is 1. The normalized spacial score (nSPS) is 47.9. The first-order valence-electron chi connectivity index (χ1n) is 13.1. The van der Waals surface area contributed by atoms with E-state index in [2.05, 4.69) is 47.6 Å². The van der Waals surface area contributed by atoms with Crippen molar-refractivity contribution in [1.29, 1.82) is 0 Å². The van der Waals surface area contributed by atoms with Gasteiger partial charge in [0.2, 0.25) is 0 Å². The predicted molar refractivity (Wildman–Crippen MR) is 124 cm³/mol. The molecule has 0 aromatic rings. The lowest BCUT2D eigenvalue weighted by Gasteiger charge is -2.59. The van der Waals surface area contributed by atoms with Crippen LogP contribution in [0.2, 0.25) is 0 Å². The first-order valence-corrected chi connectivity index (χ1v) is 13.1. The highest BCUT2D eigenvalue weighted by atomic mass is 16.3. The minimum absolute atomic E-state index is 0.0700. The number of allylic oxidation sites excluding steroid dienone is 2. The molecule has 3 fully saturated rings. The maximum atomic E-state index is 10.5. The molecule has 0 aromatic heterocycles. The number of rotatable bonds is 5. The van der Waals surface area contributed by atoms with E-state index < -0.39 is 0 Å². The number of fused-ring (bicyclic) bond motifs is 5. The van der Waals surface area contributed by atoms with E-state index in [0.29, 0.717) is 22.7 Å². The van der Waals surface area contributed by atoms with Gasteiger partial charge in [0.25, 0.3) is 0 Å². The second-order valence-corrected chi connectivity index (χ2v) is 12.7. The van der Waals surface area contributed by atoms with Crippen LogP contribution in [0, 0.1) is 52.3 Å². The van der Waals surface area contributed by atoms with Gasteiger partial charge in [0.05, 0.1) is 6.10 Å². The smallest absolute Gasteiger partial charge is 0.0568 e. The summed E-state index contributed by atoms with van der Waals surface area (Å²) >= 11 is 0. The molecule has 1 nitrogen and oxygen atoms in total. The van der Waals surface area contributed by atoms with Gasteiger partial charge in [-0.15, -0.1) is 0 Å². The number of hydrogen-bond donors (Lipinski definition) is 1. The highest BCUT2D eigenvalue weighted by Gasteiger charge is 2.59. The molecule has 0 spiro atoms. The Morgan fingerprint density at radius 2 is 1.66 bits per heavy atom. The fraction of sp³-hybridized carbons (Fsp3) is 0.929. The lowest BCUT2D eigenvalue weighted by molar-refractivity contribution is -0.0773. The van der Waals surface area contributed by atoms with Gasteiger partial charge in [-0.05, 0) is 97.2 Å². The van der Waals surface area contributed by atoms with E-state index in [-0.39, 0.29) is 6.10 Å². The summed E-state index contributed by atoms with van der Waals surface area (Å²) in [6.45, 7) is 14.9. The third-order valence-corrected chi connectivity index (χ3v) is 10.8. The molecule has 0 aromatic carbocycles. The molecule has 0 radical (unpaired) electrons. The van der Waals surface area contributed by atoms with E-state index in [4.69, 9.17) is 0 Å². The van der Waals surface area contributed by atoms with E-state index in [1.54, 1.807) is 0 Å². The molecule has 0 amide bonds. The topological polar surface area (TPSA) is 20.2 Å². The molecule has 1 heteroatoms. The van der Waals surface area contributed by atoms with Crippen molar-refractivity contribution in [1.82, 2.24) is 0 Å². The number of aliphatic hydroxyl groups is 1. The predicted octanol–water partition coefficient (Wildman–Crippen LogP) is 7.63. The molecular formula is C28H48O. The van der Waals surface area contributed by atoms with Gasteiger partial charge in [-0.3, -0.25) is 0 Å². The van der Waals surface area contributed by atoms with Crippen LogP contribution in [0.25, 0.3) is 0 Å². The standard InChI is InChI=1S/C28H48O/c1-18(2)8-7-9-19(3)22-12-13-24-21-10-11-23-20(4)26(29)15-17-28(23,6)25(21)14-16-27(22,24)5/h10,18-20,22-26,29H,7-9,11-17H2,1-6H3/t19-,20?,22-,23?,24+,25+,26-,27-,28+/m1/s1. The Balaban J connectivity index is 1.52. The van der Waals surface area contributed by atoms with Gasteiger partial charge < -0.3 is 5.11 Å². The van der Waals surface area contributed by atoms with Crippen molar-refractivity contribution in [2.45, 2.75) is 112 Å². The van der Waals surface area contributed by atoms with Gasteiger partial charge in [-0.2, -0.15) is 0 Å². The van der Waals surface area contributed by atoms with Crippen molar-refractivity contribution in [2.24, 2.45) is 52.3 Å². The van der Waals surface area contributed by atoms with Gasteiger partial charge in [-0.25, -0.2) is 0 Å². The summed E-state index contributed by atoms with van der Waals surface area (Å²) in [5.41, 5.74) is 2.85. The fourth-order valence-corrected chi connectivity index (χ4v) is 8.97. The van der Waals surface area contributed by atoms with Crippen LogP contribution >= 0.6 is 0 Å². The Morgan fingerprint density at radius 3 is 2.38 bits per heavy atom. The van der Waals surface area contributed by atoms with Crippen LogP contribution in [0.1, 0.15) is 106 Å². The van der Waals surface area contributed by atoms with Crippen LogP contribution in [-0.4, -0.2) is 11.2 Å². The summed E-state index contributed by atoms with van der Waals surface area (Å²) in [5, 5.41) is 10.5. The maximum absolute atomic E-state index is 10.5. The van der Waals surface area contributed by atoms with E-state index in [1.807, 2.05) is 5.57 Å². The van der Waals surface area contributed by atoms with Crippen molar-refractivity contribution in [3.63, 3.8) is 0 Å². The Hall–Kier alpha value is -0.300. The monoisotopic (exact) mass is 400 g/mol. The SMILES string of the molecule is CC(C)CCC[C@@H](C)[C@H]1CC[C@H]2C3=CCC4C(C)[C@H](O)CC[C@]4(C)[C@H]3CC[C@]12C. The summed E-state index contributed by atoms with van der Waals surface area (Å²) in [7, 11) is 0. The molecule has 4 aliphatic carbocycles. The van der Waals surface area contributed by atoms with E-state index in [9.17, 15) is 5.11 Å². The molecule has 4 aliphatic rings. The zero-order chi connectivity index (χ0) is 21.0. The zero-order valence-corrected chi connectivity index (χ0v) is 20.2. The van der Waals surface area contributed by atoms with Crippen LogP contribution < -0.4 is 0 Å². The molecule has 0 bridgehead atoms. The third-order valence-electron chi connectivity index (χ3n) is 10.8. The van der Waals surface area contributed by atoms with Crippen LogP contribution in [0.4, 0.5) is 0 Å². The van der Waals surface area contributed by atoms with Crippen molar-refractivity contribution in [2.75, 3.05) is 0 Å². The maximum Gasteiger partial charge on any atom is 0.0568 e. The summed E-state index contributed by atoms with van der Waals surface area (Å²) in [6.07, 6.45) is 16.1. The highest BCUT2D eigenvalue weighted by Crippen LogP contribution is 2.67. The largest absolute Gasteiger partial charge is 0.393 e. The molecule has 0 aliphatic heterocycles. The second kappa shape index (κ2) is 7.99. The first-order chi connectivity index (χ1) is 13.7. The van der Waals surface area contributed by atoms with Crippen LogP contribution in [0.15, 0.2) is 11.6 Å². The average Bonchev–Trinajstić information content (AvgIpc) is 3.02. The first kappa shape index (κ1) is 21.9. The lowest BCUT2D eigenvalue weighted by atomic mass is 9.46. The Kier molecular flexibility index (Phi) is 6.04. The van der Waals surface area contributed by atoms with Gasteiger partial charge >= 0.3 is 0 Å². The van der Waals surface area contributed by atoms with E-state index in [1.165, 1.54) is 57.8 Å².